The monoisotopic (exact) mass is 416 g/mol. The van der Waals surface area contributed by atoms with Gasteiger partial charge in [0.15, 0.2) is 0 Å². The molecule has 1 aliphatic heterocycles. The number of carbonyl (C=O) groups is 1. The van der Waals surface area contributed by atoms with E-state index in [4.69, 9.17) is 0 Å². The highest BCUT2D eigenvalue weighted by Gasteiger charge is 2.31. The summed E-state index contributed by atoms with van der Waals surface area (Å²) in [5.41, 5.74) is 1.68. The molecule has 1 amide bonds. The van der Waals surface area contributed by atoms with Gasteiger partial charge in [-0.3, -0.25) is 4.79 Å². The van der Waals surface area contributed by atoms with Gasteiger partial charge in [0.2, 0.25) is 15.9 Å². The number of piperidine rings is 1. The lowest BCUT2D eigenvalue weighted by Gasteiger charge is -2.32. The van der Waals surface area contributed by atoms with Gasteiger partial charge in [0.05, 0.1) is 0 Å². The molecule has 5 nitrogen and oxygen atoms in total. The molecule has 2 aromatic carbocycles. The zero-order valence-electron chi connectivity index (χ0n) is 16.4. The first-order valence-corrected chi connectivity index (χ1v) is 11.1. The second-order valence-corrected chi connectivity index (χ2v) is 9.07. The van der Waals surface area contributed by atoms with E-state index in [0.29, 0.717) is 32.5 Å². The average Bonchev–Trinajstić information content (AvgIpc) is 2.74. The van der Waals surface area contributed by atoms with E-state index in [0.717, 1.165) is 11.1 Å². The molecule has 2 aromatic rings. The molecule has 0 spiro atoms. The van der Waals surface area contributed by atoms with Crippen molar-refractivity contribution >= 4 is 22.0 Å². The molecule has 0 radical (unpaired) electrons. The number of rotatable bonds is 6. The van der Waals surface area contributed by atoms with E-state index < -0.39 is 10.0 Å². The zero-order valence-corrected chi connectivity index (χ0v) is 17.2. The third-order valence-electron chi connectivity index (χ3n) is 5.10. The quantitative estimate of drug-likeness (QED) is 0.724. The van der Waals surface area contributed by atoms with Gasteiger partial charge in [-0.2, -0.15) is 4.31 Å². The Kier molecular flexibility index (Phi) is 6.82. The second kappa shape index (κ2) is 9.33. The highest BCUT2D eigenvalue weighted by molar-refractivity contribution is 7.92. The molecule has 1 heterocycles. The summed E-state index contributed by atoms with van der Waals surface area (Å²) in [6, 6.07) is 15.3. The smallest absolute Gasteiger partial charge is 0.236 e. The molecule has 154 valence electrons. The van der Waals surface area contributed by atoms with Crippen molar-refractivity contribution in [2.24, 2.45) is 5.92 Å². The molecule has 0 bridgehead atoms. The first-order chi connectivity index (χ1) is 13.8. The van der Waals surface area contributed by atoms with Crippen molar-refractivity contribution in [1.82, 2.24) is 9.21 Å². The molecule has 29 heavy (non-hydrogen) atoms. The highest BCUT2D eigenvalue weighted by Crippen LogP contribution is 2.23. The van der Waals surface area contributed by atoms with Gasteiger partial charge in [0, 0.05) is 38.0 Å². The Morgan fingerprint density at radius 3 is 2.34 bits per heavy atom. The van der Waals surface area contributed by atoms with E-state index in [1.807, 2.05) is 30.3 Å². The maximum absolute atomic E-state index is 13.0. The maximum Gasteiger partial charge on any atom is 0.236 e. The Hall–Kier alpha value is -2.51. The van der Waals surface area contributed by atoms with Crippen LogP contribution in [0.15, 0.2) is 60.0 Å². The Morgan fingerprint density at radius 2 is 1.72 bits per heavy atom. The summed E-state index contributed by atoms with van der Waals surface area (Å²) in [5.74, 6) is -0.520. The van der Waals surface area contributed by atoms with Crippen LogP contribution in [0.5, 0.6) is 0 Å². The standard InChI is InChI=1S/C22H25FN2O3S/c1-24(17-19-7-9-21(23)10-8-19)22(26)20-11-14-25(15-12-20)29(27,28)16-13-18-5-3-2-4-6-18/h2-10,13,16,20H,11-12,14-15,17H2,1H3. The van der Waals surface area contributed by atoms with Crippen molar-refractivity contribution in [2.75, 3.05) is 20.1 Å². The van der Waals surface area contributed by atoms with Gasteiger partial charge in [-0.1, -0.05) is 42.5 Å². The minimum atomic E-state index is -3.51. The van der Waals surface area contributed by atoms with E-state index in [1.165, 1.54) is 21.8 Å². The molecule has 0 aromatic heterocycles. The molecule has 0 unspecified atom stereocenters. The molecule has 0 atom stereocenters. The van der Waals surface area contributed by atoms with Gasteiger partial charge in [-0.05, 0) is 42.2 Å². The topological polar surface area (TPSA) is 57.7 Å². The van der Waals surface area contributed by atoms with E-state index in [2.05, 4.69) is 0 Å². The predicted molar refractivity (Wildman–Crippen MR) is 112 cm³/mol. The van der Waals surface area contributed by atoms with Crippen molar-refractivity contribution in [1.29, 1.82) is 0 Å². The van der Waals surface area contributed by atoms with E-state index in [1.54, 1.807) is 30.2 Å². The first-order valence-electron chi connectivity index (χ1n) is 9.58. The number of hydrogen-bond acceptors (Lipinski definition) is 3. The first kappa shape index (κ1) is 21.2. The number of halogens is 1. The van der Waals surface area contributed by atoms with Crippen LogP contribution in [0.25, 0.3) is 6.08 Å². The van der Waals surface area contributed by atoms with Gasteiger partial charge in [-0.25, -0.2) is 12.8 Å². The summed E-state index contributed by atoms with van der Waals surface area (Å²) in [7, 11) is -1.79. The van der Waals surface area contributed by atoms with Crippen molar-refractivity contribution in [3.05, 3.63) is 76.9 Å². The van der Waals surface area contributed by atoms with Crippen molar-refractivity contribution in [2.45, 2.75) is 19.4 Å². The normalized spacial score (nSPS) is 16.2. The second-order valence-electron chi connectivity index (χ2n) is 7.25. The van der Waals surface area contributed by atoms with Crippen molar-refractivity contribution in [3.8, 4) is 0 Å². The van der Waals surface area contributed by atoms with Crippen LogP contribution in [0, 0.1) is 11.7 Å². The van der Waals surface area contributed by atoms with Crippen LogP contribution in [0.2, 0.25) is 0 Å². The molecule has 1 saturated heterocycles. The van der Waals surface area contributed by atoms with Crippen LogP contribution in [0.3, 0.4) is 0 Å². The lowest BCUT2D eigenvalue weighted by atomic mass is 9.96. The third kappa shape index (κ3) is 5.74. The van der Waals surface area contributed by atoms with Gasteiger partial charge in [-0.15, -0.1) is 0 Å². The summed E-state index contributed by atoms with van der Waals surface area (Å²) in [5, 5.41) is 1.23. The minimum absolute atomic E-state index is 0.00815. The number of carbonyl (C=O) groups excluding carboxylic acids is 1. The fraction of sp³-hybridized carbons (Fsp3) is 0.318. The van der Waals surface area contributed by atoms with Gasteiger partial charge in [0.1, 0.15) is 5.82 Å². The minimum Gasteiger partial charge on any atom is -0.341 e. The number of hydrogen-bond donors (Lipinski definition) is 0. The van der Waals surface area contributed by atoms with Gasteiger partial charge in [0.25, 0.3) is 0 Å². The number of amides is 1. The SMILES string of the molecule is CN(Cc1ccc(F)cc1)C(=O)C1CCN(S(=O)(=O)C=Cc2ccccc2)CC1. The Morgan fingerprint density at radius 1 is 1.10 bits per heavy atom. The van der Waals surface area contributed by atoms with E-state index in [9.17, 15) is 17.6 Å². The predicted octanol–water partition coefficient (Wildman–Crippen LogP) is 3.50. The largest absolute Gasteiger partial charge is 0.341 e. The lowest BCUT2D eigenvalue weighted by Crippen LogP contribution is -2.42. The molecule has 1 aliphatic rings. The molecule has 0 aliphatic carbocycles. The number of sulfonamides is 1. The van der Waals surface area contributed by atoms with E-state index in [-0.39, 0.29) is 17.6 Å². The Labute approximate surface area is 171 Å². The van der Waals surface area contributed by atoms with Crippen molar-refractivity contribution in [3.63, 3.8) is 0 Å². The fourth-order valence-electron chi connectivity index (χ4n) is 3.43. The molecule has 1 fully saturated rings. The summed E-state index contributed by atoms with van der Waals surface area (Å²) in [6.07, 6.45) is 2.57. The summed E-state index contributed by atoms with van der Waals surface area (Å²) in [6.45, 7) is 1.04. The third-order valence-corrected chi connectivity index (χ3v) is 6.67. The average molecular weight is 417 g/mol. The fourth-order valence-corrected chi connectivity index (χ4v) is 4.65. The zero-order chi connectivity index (χ0) is 20.9. The van der Waals surface area contributed by atoms with Crippen LogP contribution in [-0.4, -0.2) is 43.7 Å². The molecule has 0 saturated carbocycles. The van der Waals surface area contributed by atoms with Crippen LogP contribution in [-0.2, 0) is 21.4 Å². The van der Waals surface area contributed by atoms with Gasteiger partial charge >= 0.3 is 0 Å². The Bertz CT molecular complexity index is 951. The maximum atomic E-state index is 13.0. The molecule has 7 heteroatoms. The lowest BCUT2D eigenvalue weighted by molar-refractivity contribution is -0.135. The molecule has 0 N–H and O–H groups in total. The van der Waals surface area contributed by atoms with Crippen LogP contribution in [0.1, 0.15) is 24.0 Å². The number of nitrogens with zero attached hydrogens (tertiary/aromatic N) is 2. The summed E-state index contributed by atoms with van der Waals surface area (Å²) >= 11 is 0. The number of benzene rings is 2. The Balaban J connectivity index is 1.54. The van der Waals surface area contributed by atoms with Gasteiger partial charge < -0.3 is 4.90 Å². The van der Waals surface area contributed by atoms with Crippen LogP contribution >= 0.6 is 0 Å². The summed E-state index contributed by atoms with van der Waals surface area (Å²) in [4.78, 5) is 14.3. The molecular weight excluding hydrogens is 391 g/mol. The van der Waals surface area contributed by atoms with Crippen LogP contribution in [0.4, 0.5) is 4.39 Å². The molecule has 3 rings (SSSR count). The van der Waals surface area contributed by atoms with Crippen LogP contribution < -0.4 is 0 Å². The van der Waals surface area contributed by atoms with E-state index >= 15 is 0 Å². The highest BCUT2D eigenvalue weighted by atomic mass is 32.2. The van der Waals surface area contributed by atoms with Crippen molar-refractivity contribution < 1.29 is 17.6 Å². The summed E-state index contributed by atoms with van der Waals surface area (Å²) < 4.78 is 39.5. The molecular formula is C22H25FN2O3S.